The number of aromatic nitrogens is 3. The lowest BCUT2D eigenvalue weighted by molar-refractivity contribution is -0.137. The van der Waals surface area contributed by atoms with Gasteiger partial charge in [0, 0.05) is 12.8 Å². The molecule has 0 aromatic carbocycles. The minimum Gasteiger partial charge on any atom is -0.481 e. The molecule has 2 aromatic heterocycles. The average molecular weight is 433 g/mol. The van der Waals surface area contributed by atoms with Crippen molar-refractivity contribution in [2.75, 3.05) is 18.9 Å². The van der Waals surface area contributed by atoms with Crippen LogP contribution in [0.1, 0.15) is 37.8 Å². The van der Waals surface area contributed by atoms with Crippen LogP contribution in [0.5, 0.6) is 0 Å². The van der Waals surface area contributed by atoms with E-state index in [0.717, 1.165) is 0 Å². The zero-order chi connectivity index (χ0) is 22.4. The van der Waals surface area contributed by atoms with Gasteiger partial charge in [-0.1, -0.05) is 0 Å². The molecule has 3 rings (SSSR count). The second kappa shape index (κ2) is 9.59. The summed E-state index contributed by atoms with van der Waals surface area (Å²) >= 11 is 0. The number of hydrogen-bond acceptors (Lipinski definition) is 10. The molecule has 1 aliphatic rings. The summed E-state index contributed by atoms with van der Waals surface area (Å²) in [6, 6.07) is 5.36. The van der Waals surface area contributed by atoms with Gasteiger partial charge in [0.15, 0.2) is 11.4 Å². The number of rotatable bonds is 9. The maximum Gasteiger partial charge on any atom is 0.508 e. The standard InChI is InChI=1S/C19H23N5O7/c20-10-19(15-6-5-12-17(21)22-11-23-24(12)15)8-13(25)14(31-19)9-30-18(28)29-7-3-1-2-4-16(26)27/h5-6,11,13-14,25H,1-4,7-9H2,(H,26,27)(H2,21,22,23)/t13-,14+,19-/m0/s1. The van der Waals surface area contributed by atoms with E-state index in [1.165, 1.54) is 10.8 Å². The topological polar surface area (TPSA) is 182 Å². The van der Waals surface area contributed by atoms with Gasteiger partial charge in [-0.25, -0.2) is 14.3 Å². The lowest BCUT2D eigenvalue weighted by Crippen LogP contribution is -2.30. The van der Waals surface area contributed by atoms with Crippen molar-refractivity contribution in [2.45, 2.75) is 49.9 Å². The Balaban J connectivity index is 1.54. The highest BCUT2D eigenvalue weighted by Crippen LogP contribution is 2.40. The van der Waals surface area contributed by atoms with Gasteiger partial charge in [0.25, 0.3) is 0 Å². The second-order valence-electron chi connectivity index (χ2n) is 7.14. The van der Waals surface area contributed by atoms with Gasteiger partial charge < -0.3 is 30.2 Å². The number of carbonyl (C=O) groups excluding carboxylic acids is 1. The van der Waals surface area contributed by atoms with Crippen LogP contribution in [0, 0.1) is 11.3 Å². The number of aliphatic hydroxyl groups is 1. The molecule has 0 amide bonds. The highest BCUT2D eigenvalue weighted by atomic mass is 16.7. The van der Waals surface area contributed by atoms with Gasteiger partial charge >= 0.3 is 12.1 Å². The molecule has 4 N–H and O–H groups in total. The fourth-order valence-electron chi connectivity index (χ4n) is 3.41. The number of carbonyl (C=O) groups is 2. The van der Waals surface area contributed by atoms with Crippen molar-refractivity contribution in [1.82, 2.24) is 14.6 Å². The Labute approximate surface area is 177 Å². The van der Waals surface area contributed by atoms with E-state index in [-0.39, 0.29) is 31.9 Å². The lowest BCUT2D eigenvalue weighted by atomic mass is 9.96. The molecule has 12 nitrogen and oxygen atoms in total. The minimum atomic E-state index is -1.51. The van der Waals surface area contributed by atoms with E-state index in [1.807, 2.05) is 0 Å². The molecule has 0 bridgehead atoms. The predicted molar refractivity (Wildman–Crippen MR) is 104 cm³/mol. The molecule has 12 heteroatoms. The van der Waals surface area contributed by atoms with Crippen molar-refractivity contribution in [3.63, 3.8) is 0 Å². The van der Waals surface area contributed by atoms with Crippen molar-refractivity contribution in [3.8, 4) is 6.07 Å². The molecule has 0 unspecified atom stereocenters. The number of nitrogens with two attached hydrogens (primary N) is 1. The number of nitrogen functional groups attached to an aromatic ring is 1. The second-order valence-corrected chi connectivity index (χ2v) is 7.14. The number of unbranched alkanes of at least 4 members (excludes halogenated alkanes) is 2. The number of aliphatic carboxylic acids is 1. The Morgan fingerprint density at radius 2 is 2.16 bits per heavy atom. The van der Waals surface area contributed by atoms with Crippen LogP contribution in [0.25, 0.3) is 5.52 Å². The summed E-state index contributed by atoms with van der Waals surface area (Å²) in [7, 11) is 0. The first-order valence-corrected chi connectivity index (χ1v) is 9.73. The number of hydrogen-bond donors (Lipinski definition) is 3. The fraction of sp³-hybridized carbons (Fsp3) is 0.526. The van der Waals surface area contributed by atoms with Crippen LogP contribution in [-0.2, 0) is 24.6 Å². The summed E-state index contributed by atoms with van der Waals surface area (Å²) in [6.45, 7) is -0.213. The summed E-state index contributed by atoms with van der Waals surface area (Å²) in [5, 5.41) is 32.9. The lowest BCUT2D eigenvalue weighted by Gasteiger charge is -2.21. The highest BCUT2D eigenvalue weighted by Gasteiger charge is 2.50. The fourth-order valence-corrected chi connectivity index (χ4v) is 3.41. The molecule has 166 valence electrons. The van der Waals surface area contributed by atoms with Gasteiger partial charge in [-0.3, -0.25) is 4.79 Å². The Bertz CT molecular complexity index is 988. The Morgan fingerprint density at radius 1 is 1.35 bits per heavy atom. The first kappa shape index (κ1) is 22.3. The number of anilines is 1. The molecular formula is C19H23N5O7. The van der Waals surface area contributed by atoms with Crippen LogP contribution in [0.4, 0.5) is 10.6 Å². The number of aliphatic hydroxyl groups excluding tert-OH is 1. The zero-order valence-electron chi connectivity index (χ0n) is 16.6. The summed E-state index contributed by atoms with van der Waals surface area (Å²) in [4.78, 5) is 26.1. The highest BCUT2D eigenvalue weighted by molar-refractivity contribution is 5.66. The third kappa shape index (κ3) is 5.01. The van der Waals surface area contributed by atoms with Crippen LogP contribution >= 0.6 is 0 Å². The maximum absolute atomic E-state index is 11.7. The molecule has 0 radical (unpaired) electrons. The number of ether oxygens (including phenoxy) is 3. The normalized spacial score (nSPS) is 22.8. The van der Waals surface area contributed by atoms with Crippen LogP contribution in [0.15, 0.2) is 18.5 Å². The first-order valence-electron chi connectivity index (χ1n) is 9.73. The van der Waals surface area contributed by atoms with E-state index in [9.17, 15) is 20.0 Å². The molecule has 1 aliphatic heterocycles. The zero-order valence-corrected chi connectivity index (χ0v) is 16.6. The van der Waals surface area contributed by atoms with E-state index < -0.39 is 29.9 Å². The van der Waals surface area contributed by atoms with Crippen LogP contribution in [0.2, 0.25) is 0 Å². The van der Waals surface area contributed by atoms with Gasteiger partial charge in [0.2, 0.25) is 0 Å². The number of nitrogens with zero attached hydrogens (tertiary/aromatic N) is 4. The monoisotopic (exact) mass is 433 g/mol. The Kier molecular flexibility index (Phi) is 6.88. The molecule has 1 fully saturated rings. The summed E-state index contributed by atoms with van der Waals surface area (Å²) < 4.78 is 17.2. The van der Waals surface area contributed by atoms with Crippen LogP contribution in [-0.4, -0.2) is 62.4 Å². The van der Waals surface area contributed by atoms with Crippen molar-refractivity contribution in [3.05, 3.63) is 24.2 Å². The summed E-state index contributed by atoms with van der Waals surface area (Å²) in [5.74, 6) is -0.633. The Hall–Kier alpha value is -3.43. The molecule has 3 atom stereocenters. The van der Waals surface area contributed by atoms with Gasteiger partial charge in [0.1, 0.15) is 30.6 Å². The first-order chi connectivity index (χ1) is 14.9. The Morgan fingerprint density at radius 3 is 2.90 bits per heavy atom. The van der Waals surface area contributed by atoms with Gasteiger partial charge in [-0.2, -0.15) is 10.4 Å². The largest absolute Gasteiger partial charge is 0.508 e. The maximum atomic E-state index is 11.7. The van der Waals surface area contributed by atoms with E-state index in [4.69, 9.17) is 25.1 Å². The molecule has 0 saturated carbocycles. The van der Waals surface area contributed by atoms with Crippen molar-refractivity contribution in [1.29, 1.82) is 5.26 Å². The minimum absolute atomic E-state index is 0.0494. The van der Waals surface area contributed by atoms with Crippen molar-refractivity contribution in [2.24, 2.45) is 0 Å². The van der Waals surface area contributed by atoms with E-state index in [2.05, 4.69) is 16.2 Å². The molecule has 1 saturated heterocycles. The number of nitriles is 1. The van der Waals surface area contributed by atoms with Gasteiger partial charge in [-0.05, 0) is 31.4 Å². The average Bonchev–Trinajstić information content (AvgIpc) is 3.31. The molecule has 3 heterocycles. The third-order valence-corrected chi connectivity index (χ3v) is 4.97. The SMILES string of the molecule is N#C[C@]1(c2ccc3c(N)ncnn23)C[C@H](O)[C@@H](COC(=O)OCCCCCC(=O)O)O1. The quantitative estimate of drug-likeness (QED) is 0.378. The van der Waals surface area contributed by atoms with E-state index >= 15 is 0 Å². The predicted octanol–water partition coefficient (Wildman–Crippen LogP) is 0.978. The molecule has 2 aromatic rings. The van der Waals surface area contributed by atoms with Crippen molar-refractivity contribution < 1.29 is 34.0 Å². The van der Waals surface area contributed by atoms with Crippen LogP contribution < -0.4 is 5.73 Å². The number of carboxylic acids is 1. The van der Waals surface area contributed by atoms with Crippen molar-refractivity contribution >= 4 is 23.5 Å². The smallest absolute Gasteiger partial charge is 0.481 e. The molecule has 31 heavy (non-hydrogen) atoms. The third-order valence-electron chi connectivity index (χ3n) is 4.97. The molecule has 0 aliphatic carbocycles. The van der Waals surface area contributed by atoms with Gasteiger partial charge in [0.05, 0.1) is 18.4 Å². The molecule has 0 spiro atoms. The van der Waals surface area contributed by atoms with E-state index in [0.29, 0.717) is 30.5 Å². The summed E-state index contributed by atoms with van der Waals surface area (Å²) in [6.07, 6.45) is -0.0534. The van der Waals surface area contributed by atoms with Gasteiger partial charge in [-0.15, -0.1) is 0 Å². The van der Waals surface area contributed by atoms with Crippen LogP contribution in [0.3, 0.4) is 0 Å². The summed E-state index contributed by atoms with van der Waals surface area (Å²) in [5.41, 5.74) is 5.20. The molecular weight excluding hydrogens is 410 g/mol. The number of carboxylic acid groups (broad SMARTS) is 1. The number of fused-ring (bicyclic) bond motifs is 1. The van der Waals surface area contributed by atoms with E-state index in [1.54, 1.807) is 12.1 Å².